The van der Waals surface area contributed by atoms with Crippen LogP contribution >= 0.6 is 7.92 Å². The number of aryl methyl sites for hydroxylation is 2. The van der Waals surface area contributed by atoms with Crippen LogP contribution in [0.3, 0.4) is 0 Å². The molecule has 176 valence electrons. The Morgan fingerprint density at radius 3 is 1.42 bits per heavy atom. The minimum atomic E-state index is -4.36. The van der Waals surface area contributed by atoms with Gasteiger partial charge in [-0.15, -0.1) is 0 Å². The van der Waals surface area contributed by atoms with Crippen molar-refractivity contribution in [3.8, 4) is 0 Å². The summed E-state index contributed by atoms with van der Waals surface area (Å²) >= 11 is 0. The lowest BCUT2D eigenvalue weighted by atomic mass is 9.97. The molecule has 0 heterocycles. The van der Waals surface area contributed by atoms with Crippen LogP contribution in [-0.4, -0.2) is 17.0 Å². The second-order valence-electron chi connectivity index (χ2n) is 9.07. The first-order chi connectivity index (χ1) is 15.5. The molecule has 3 rings (SSSR count). The molecule has 0 aliphatic rings. The number of alkyl halides is 3. The van der Waals surface area contributed by atoms with Crippen LogP contribution in [0.5, 0.6) is 0 Å². The van der Waals surface area contributed by atoms with Crippen LogP contribution in [0.4, 0.5) is 13.2 Å². The maximum Gasteiger partial charge on any atom is 0.416 e. The summed E-state index contributed by atoms with van der Waals surface area (Å²) < 4.78 is 40.7. The van der Waals surface area contributed by atoms with Gasteiger partial charge in [-0.3, -0.25) is 4.90 Å². The summed E-state index contributed by atoms with van der Waals surface area (Å²) in [6.45, 7) is 12.3. The fraction of sp³-hybridized carbons (Fsp3) is 0.357. The molecule has 0 N–H and O–H groups in total. The summed E-state index contributed by atoms with van der Waals surface area (Å²) in [5.74, 6) is -0.0629. The number of nitrogens with zero attached hydrogens (tertiary/aromatic N) is 1. The van der Waals surface area contributed by atoms with Crippen LogP contribution in [0.1, 0.15) is 55.7 Å². The minimum Gasteiger partial charge on any atom is -0.287 e. The number of hydrogen-bond donors (Lipinski definition) is 0. The van der Waals surface area contributed by atoms with E-state index in [2.05, 4.69) is 56.9 Å². The SMILES string of the molecule is Cc1cc(C(F)(F)F)cc(C)c1C(N(C(C)C)C(C)C)P(c1ccccc1)c1ccccc1. The van der Waals surface area contributed by atoms with E-state index in [4.69, 9.17) is 0 Å². The molecule has 0 amide bonds. The van der Waals surface area contributed by atoms with Gasteiger partial charge in [-0.25, -0.2) is 0 Å². The Labute approximate surface area is 197 Å². The van der Waals surface area contributed by atoms with Gasteiger partial charge in [-0.05, 0) is 88.9 Å². The van der Waals surface area contributed by atoms with Gasteiger partial charge in [0.05, 0.1) is 11.3 Å². The smallest absolute Gasteiger partial charge is 0.287 e. The summed E-state index contributed by atoms with van der Waals surface area (Å²) in [7, 11) is -0.920. The second kappa shape index (κ2) is 10.4. The molecular weight excluding hydrogens is 438 g/mol. The Hall–Kier alpha value is -2.16. The van der Waals surface area contributed by atoms with Crippen molar-refractivity contribution in [2.24, 2.45) is 0 Å². The van der Waals surface area contributed by atoms with E-state index in [1.807, 2.05) is 50.2 Å². The molecule has 0 saturated heterocycles. The molecule has 0 aliphatic heterocycles. The Balaban J connectivity index is 2.35. The first-order valence-electron chi connectivity index (χ1n) is 11.4. The van der Waals surface area contributed by atoms with Crippen molar-refractivity contribution >= 4 is 18.5 Å². The van der Waals surface area contributed by atoms with Gasteiger partial charge in [-0.1, -0.05) is 60.7 Å². The number of benzene rings is 3. The monoisotopic (exact) mass is 471 g/mol. The number of rotatable bonds is 7. The van der Waals surface area contributed by atoms with E-state index in [1.165, 1.54) is 22.7 Å². The van der Waals surface area contributed by atoms with Crippen LogP contribution in [0.25, 0.3) is 0 Å². The number of halogens is 3. The van der Waals surface area contributed by atoms with Crippen LogP contribution in [0.15, 0.2) is 72.8 Å². The van der Waals surface area contributed by atoms with Crippen LogP contribution in [0, 0.1) is 13.8 Å². The molecule has 1 atom stereocenters. The lowest BCUT2D eigenvalue weighted by Crippen LogP contribution is -2.42. The molecule has 5 heteroatoms. The zero-order valence-corrected chi connectivity index (χ0v) is 21.1. The highest BCUT2D eigenvalue weighted by Gasteiger charge is 2.38. The van der Waals surface area contributed by atoms with Gasteiger partial charge in [0, 0.05) is 12.1 Å². The summed E-state index contributed by atoms with van der Waals surface area (Å²) in [5, 5.41) is 2.43. The standard InChI is InChI=1S/C28H33F3NP/c1-19(2)32(20(3)4)27(26-21(5)17-23(18-22(26)6)28(29,30)31)33(24-13-9-7-10-14-24)25-15-11-8-12-16-25/h7-20,27H,1-6H3. The Morgan fingerprint density at radius 2 is 1.09 bits per heavy atom. The van der Waals surface area contributed by atoms with Gasteiger partial charge in [0.2, 0.25) is 0 Å². The molecule has 1 nitrogen and oxygen atoms in total. The third-order valence-electron chi connectivity index (χ3n) is 5.97. The molecule has 3 aromatic rings. The largest absolute Gasteiger partial charge is 0.416 e. The van der Waals surface area contributed by atoms with Crippen molar-refractivity contribution in [2.75, 3.05) is 0 Å². The van der Waals surface area contributed by atoms with E-state index in [-0.39, 0.29) is 17.9 Å². The Bertz CT molecular complexity index is 975. The predicted molar refractivity (Wildman–Crippen MR) is 135 cm³/mol. The highest BCUT2D eigenvalue weighted by molar-refractivity contribution is 7.73. The quantitative estimate of drug-likeness (QED) is 0.321. The normalized spacial score (nSPS) is 13.4. The molecule has 0 fully saturated rings. The Morgan fingerprint density at radius 1 is 0.697 bits per heavy atom. The average Bonchev–Trinajstić information content (AvgIpc) is 2.73. The lowest BCUT2D eigenvalue weighted by Gasteiger charge is -2.44. The first-order valence-corrected chi connectivity index (χ1v) is 12.8. The minimum absolute atomic E-state index is 0.0629. The van der Waals surface area contributed by atoms with Crippen molar-refractivity contribution in [1.29, 1.82) is 0 Å². The summed E-state index contributed by atoms with van der Waals surface area (Å²) in [5.41, 5.74) is 1.81. The fourth-order valence-corrected chi connectivity index (χ4v) is 8.04. The van der Waals surface area contributed by atoms with Crippen molar-refractivity contribution in [3.05, 3.63) is 95.1 Å². The van der Waals surface area contributed by atoms with Gasteiger partial charge in [0.1, 0.15) is 0 Å². The molecular formula is C28H33F3NP. The van der Waals surface area contributed by atoms with Gasteiger partial charge in [-0.2, -0.15) is 13.2 Å². The van der Waals surface area contributed by atoms with E-state index in [1.54, 1.807) is 0 Å². The van der Waals surface area contributed by atoms with E-state index in [0.29, 0.717) is 11.1 Å². The zero-order chi connectivity index (χ0) is 24.3. The highest BCUT2D eigenvalue weighted by Crippen LogP contribution is 2.54. The third kappa shape index (κ3) is 5.67. The molecule has 0 aromatic heterocycles. The van der Waals surface area contributed by atoms with Gasteiger partial charge in [0.15, 0.2) is 0 Å². The van der Waals surface area contributed by atoms with Gasteiger partial charge < -0.3 is 0 Å². The van der Waals surface area contributed by atoms with Crippen LogP contribution in [-0.2, 0) is 6.18 Å². The molecule has 33 heavy (non-hydrogen) atoms. The fourth-order valence-electron chi connectivity index (χ4n) is 4.73. The molecule has 0 aliphatic carbocycles. The Kier molecular flexibility index (Phi) is 8.03. The predicted octanol–water partition coefficient (Wildman–Crippen LogP) is 7.57. The molecule has 0 radical (unpaired) electrons. The van der Waals surface area contributed by atoms with Crippen LogP contribution < -0.4 is 10.6 Å². The van der Waals surface area contributed by atoms with Crippen molar-refractivity contribution in [2.45, 2.75) is 65.6 Å². The summed E-state index contributed by atoms with van der Waals surface area (Å²) in [4.78, 5) is 2.47. The molecule has 0 spiro atoms. The first kappa shape index (κ1) is 25.5. The van der Waals surface area contributed by atoms with Crippen molar-refractivity contribution in [3.63, 3.8) is 0 Å². The molecule has 0 bridgehead atoms. The van der Waals surface area contributed by atoms with E-state index in [0.717, 1.165) is 5.56 Å². The van der Waals surface area contributed by atoms with E-state index in [9.17, 15) is 13.2 Å². The van der Waals surface area contributed by atoms with E-state index < -0.39 is 19.7 Å². The summed E-state index contributed by atoms with van der Waals surface area (Å²) in [6.07, 6.45) is -4.36. The number of hydrogen-bond acceptors (Lipinski definition) is 1. The zero-order valence-electron chi connectivity index (χ0n) is 20.2. The van der Waals surface area contributed by atoms with E-state index >= 15 is 0 Å². The highest BCUT2D eigenvalue weighted by atomic mass is 31.1. The van der Waals surface area contributed by atoms with Crippen LogP contribution in [0.2, 0.25) is 0 Å². The summed E-state index contributed by atoms with van der Waals surface area (Å²) in [6, 6.07) is 23.9. The maximum absolute atomic E-state index is 13.6. The maximum atomic E-state index is 13.6. The van der Waals surface area contributed by atoms with Crippen molar-refractivity contribution in [1.82, 2.24) is 4.90 Å². The van der Waals surface area contributed by atoms with Gasteiger partial charge in [0.25, 0.3) is 0 Å². The molecule has 1 unspecified atom stereocenters. The molecule has 0 saturated carbocycles. The topological polar surface area (TPSA) is 3.24 Å². The van der Waals surface area contributed by atoms with Crippen molar-refractivity contribution < 1.29 is 13.2 Å². The molecule has 3 aromatic carbocycles. The van der Waals surface area contributed by atoms with Gasteiger partial charge >= 0.3 is 6.18 Å². The third-order valence-corrected chi connectivity index (χ3v) is 8.69. The second-order valence-corrected chi connectivity index (χ2v) is 11.3. The average molecular weight is 472 g/mol. The lowest BCUT2D eigenvalue weighted by molar-refractivity contribution is -0.137.